The van der Waals surface area contributed by atoms with Gasteiger partial charge in [-0.05, 0) is 72.3 Å². The molecule has 0 saturated carbocycles. The number of benzene rings is 1. The molecule has 145 valence electrons. The third-order valence-electron chi connectivity index (χ3n) is 5.25. The molecule has 1 radical (unpaired) electrons. The minimum atomic E-state index is 0. The van der Waals surface area contributed by atoms with E-state index in [4.69, 9.17) is 4.98 Å². The number of H-pyrrole nitrogens is 2. The van der Waals surface area contributed by atoms with Crippen molar-refractivity contribution in [1.82, 2.24) is 19.9 Å². The third-order valence-corrected chi connectivity index (χ3v) is 5.25. The van der Waals surface area contributed by atoms with Crippen molar-refractivity contribution in [1.29, 1.82) is 0 Å². The predicted octanol–water partition coefficient (Wildman–Crippen LogP) is 5.94. The fraction of sp³-hybridized carbons (Fsp3) is 0. The molecule has 6 heteroatoms. The molecule has 2 aliphatic rings. The van der Waals surface area contributed by atoms with E-state index in [2.05, 4.69) is 69.5 Å². The molecule has 2 aliphatic heterocycles. The molecular weight excluding hydrogens is 457 g/mol. The summed E-state index contributed by atoms with van der Waals surface area (Å²) in [6.45, 7) is 0. The zero-order chi connectivity index (χ0) is 19.9. The molecule has 4 aromatic rings. The maximum absolute atomic E-state index is 4.76. The van der Waals surface area contributed by atoms with E-state index < -0.39 is 0 Å². The van der Waals surface area contributed by atoms with Gasteiger partial charge in [0.15, 0.2) is 0 Å². The summed E-state index contributed by atoms with van der Waals surface area (Å²) in [5.41, 5.74) is 10.1. The van der Waals surface area contributed by atoms with E-state index in [0.717, 1.165) is 50.4 Å². The van der Waals surface area contributed by atoms with Crippen molar-refractivity contribution in [2.45, 2.75) is 0 Å². The Kier molecular flexibility index (Phi) is 6.73. The summed E-state index contributed by atoms with van der Waals surface area (Å²) in [6.07, 6.45) is 8.10. The van der Waals surface area contributed by atoms with Crippen molar-refractivity contribution in [3.8, 4) is 11.1 Å². The summed E-state index contributed by atoms with van der Waals surface area (Å²) in [5, 5.41) is 0. The molecule has 1 aromatic carbocycles. The molecule has 0 aliphatic carbocycles. The second kappa shape index (κ2) is 9.52. The molecule has 0 unspecified atom stereocenters. The first-order valence-corrected chi connectivity index (χ1v) is 9.92. The zero-order valence-corrected chi connectivity index (χ0v) is 22.8. The molecule has 0 fully saturated rings. The van der Waals surface area contributed by atoms with Crippen LogP contribution in [0.5, 0.6) is 0 Å². The van der Waals surface area contributed by atoms with Crippen LogP contribution in [0.4, 0.5) is 0 Å². The van der Waals surface area contributed by atoms with Crippen LogP contribution in [0.2, 0.25) is 0 Å². The van der Waals surface area contributed by atoms with Crippen LogP contribution < -0.4 is 0 Å². The molecule has 0 saturated heterocycles. The molecular formula is C26H18N4NaZn. The van der Waals surface area contributed by atoms with Gasteiger partial charge in [-0.1, -0.05) is 30.3 Å². The minimum Gasteiger partial charge on any atom is -0.355 e. The summed E-state index contributed by atoms with van der Waals surface area (Å²) in [4.78, 5) is 16.4. The second-order valence-electron chi connectivity index (χ2n) is 7.45. The Bertz CT molecular complexity index is 1500. The Morgan fingerprint density at radius 3 is 1.81 bits per heavy atom. The summed E-state index contributed by atoms with van der Waals surface area (Å²) in [5.74, 6) is 0. The topological polar surface area (TPSA) is 57.4 Å². The molecule has 3 aromatic heterocycles. The number of aromatic amines is 2. The Morgan fingerprint density at radius 1 is 0.531 bits per heavy atom. The minimum absolute atomic E-state index is 0. The van der Waals surface area contributed by atoms with Crippen LogP contribution in [0, 0.1) is 0 Å². The van der Waals surface area contributed by atoms with E-state index in [-0.39, 0.29) is 49.0 Å². The molecule has 4 nitrogen and oxygen atoms in total. The average Bonchev–Trinajstić information content (AvgIpc) is 3.53. The quantitative estimate of drug-likeness (QED) is 0.290. The molecule has 5 heterocycles. The summed E-state index contributed by atoms with van der Waals surface area (Å²) in [7, 11) is 0. The SMILES string of the molecule is C1=Cc2cc3ccc(cc4cc(-c5ccccc5)c(cc5nc(cc1n2)C=C5)[nH]4)[nH]3.[Na].[Zn]. The molecule has 2 N–H and O–H groups in total. The Balaban J connectivity index is 0.00000122. The first-order valence-electron chi connectivity index (χ1n) is 9.92. The number of fused-ring (bicyclic) bond motifs is 8. The van der Waals surface area contributed by atoms with Crippen molar-refractivity contribution >= 4 is 75.9 Å². The van der Waals surface area contributed by atoms with Gasteiger partial charge in [0, 0.05) is 76.7 Å². The van der Waals surface area contributed by atoms with E-state index >= 15 is 0 Å². The predicted molar refractivity (Wildman–Crippen MR) is 130 cm³/mol. The van der Waals surface area contributed by atoms with Gasteiger partial charge in [-0.3, -0.25) is 0 Å². The summed E-state index contributed by atoms with van der Waals surface area (Å²) < 4.78 is 0. The van der Waals surface area contributed by atoms with Gasteiger partial charge in [0.2, 0.25) is 0 Å². The third kappa shape index (κ3) is 4.62. The molecule has 0 spiro atoms. The van der Waals surface area contributed by atoms with Crippen molar-refractivity contribution in [3.05, 3.63) is 95.6 Å². The first-order chi connectivity index (χ1) is 14.8. The standard InChI is InChI=1S/C26H18N4.Na.Zn/c1-2-4-17(5-3-1)25-15-24-14-22-9-8-20(28-22)12-18-6-7-19(27-18)13-21-10-11-23(29-21)16-26(25)30-24;;/h1-16,28,30H;;. The molecule has 32 heavy (non-hydrogen) atoms. The first kappa shape index (κ1) is 22.6. The van der Waals surface area contributed by atoms with Crippen molar-refractivity contribution in [2.24, 2.45) is 0 Å². The number of rotatable bonds is 1. The van der Waals surface area contributed by atoms with E-state index in [1.54, 1.807) is 0 Å². The number of hydrogen-bond acceptors (Lipinski definition) is 2. The number of hydrogen-bond donors (Lipinski definition) is 2. The maximum atomic E-state index is 4.76. The van der Waals surface area contributed by atoms with Gasteiger partial charge in [0.1, 0.15) is 0 Å². The summed E-state index contributed by atoms with van der Waals surface area (Å²) in [6, 6.07) is 25.0. The van der Waals surface area contributed by atoms with Crippen LogP contribution in [-0.2, 0) is 19.5 Å². The molecule has 0 atom stereocenters. The van der Waals surface area contributed by atoms with Gasteiger partial charge in [0.25, 0.3) is 0 Å². The molecule has 6 rings (SSSR count). The van der Waals surface area contributed by atoms with Crippen LogP contribution in [0.3, 0.4) is 0 Å². The fourth-order valence-electron chi connectivity index (χ4n) is 3.87. The number of nitrogens with one attached hydrogen (secondary N) is 2. The monoisotopic (exact) mass is 473 g/mol. The van der Waals surface area contributed by atoms with Gasteiger partial charge >= 0.3 is 0 Å². The number of aromatic nitrogens is 4. The molecule has 8 bridgehead atoms. The maximum Gasteiger partial charge on any atom is 0.0659 e. The van der Waals surface area contributed by atoms with E-state index in [0.29, 0.717) is 0 Å². The van der Waals surface area contributed by atoms with Crippen LogP contribution in [0.1, 0.15) is 22.8 Å². The fourth-order valence-corrected chi connectivity index (χ4v) is 3.87. The average molecular weight is 475 g/mol. The van der Waals surface area contributed by atoms with E-state index in [1.165, 1.54) is 5.56 Å². The van der Waals surface area contributed by atoms with Crippen LogP contribution in [0.15, 0.2) is 72.8 Å². The van der Waals surface area contributed by atoms with Gasteiger partial charge in [-0.25, -0.2) is 9.97 Å². The Morgan fingerprint density at radius 2 is 1.12 bits per heavy atom. The van der Waals surface area contributed by atoms with Crippen molar-refractivity contribution in [2.75, 3.05) is 0 Å². The van der Waals surface area contributed by atoms with Gasteiger partial charge in [0.05, 0.1) is 22.8 Å². The van der Waals surface area contributed by atoms with Crippen molar-refractivity contribution in [3.63, 3.8) is 0 Å². The van der Waals surface area contributed by atoms with Crippen LogP contribution in [-0.4, -0.2) is 49.5 Å². The van der Waals surface area contributed by atoms with Gasteiger partial charge in [-0.15, -0.1) is 0 Å². The number of nitrogens with zero attached hydrogens (tertiary/aromatic N) is 2. The zero-order valence-electron chi connectivity index (χ0n) is 17.8. The van der Waals surface area contributed by atoms with Crippen LogP contribution >= 0.6 is 0 Å². The smallest absolute Gasteiger partial charge is 0.0659 e. The molecule has 0 amide bonds. The Hall–Kier alpha value is -2.56. The van der Waals surface area contributed by atoms with Crippen molar-refractivity contribution < 1.29 is 19.5 Å². The van der Waals surface area contributed by atoms with Crippen LogP contribution in [0.25, 0.3) is 57.5 Å². The normalized spacial score (nSPS) is 11.6. The second-order valence-corrected chi connectivity index (χ2v) is 7.45. The van der Waals surface area contributed by atoms with E-state index in [9.17, 15) is 0 Å². The largest absolute Gasteiger partial charge is 0.355 e. The Labute approximate surface area is 220 Å². The van der Waals surface area contributed by atoms with E-state index in [1.807, 2.05) is 42.5 Å². The van der Waals surface area contributed by atoms with Gasteiger partial charge in [-0.2, -0.15) is 0 Å². The van der Waals surface area contributed by atoms with Gasteiger partial charge < -0.3 is 9.97 Å². The summed E-state index contributed by atoms with van der Waals surface area (Å²) >= 11 is 0.